The van der Waals surface area contributed by atoms with Crippen molar-refractivity contribution in [3.63, 3.8) is 0 Å². The Balaban J connectivity index is 2.40. The molecule has 0 aliphatic heterocycles. The molecular formula is C12H11F4N3. The van der Waals surface area contributed by atoms with Gasteiger partial charge in [-0.15, -0.1) is 0 Å². The van der Waals surface area contributed by atoms with Gasteiger partial charge in [-0.3, -0.25) is 0 Å². The SMILES string of the molecule is C[C@@H](N)c1ccc(-n2cc(C(F)(F)F)cn2)c(F)c1. The first-order valence-corrected chi connectivity index (χ1v) is 5.46. The predicted octanol–water partition coefficient (Wildman–Crippen LogP) is 3.05. The lowest BCUT2D eigenvalue weighted by atomic mass is 10.1. The smallest absolute Gasteiger partial charge is 0.324 e. The van der Waals surface area contributed by atoms with Gasteiger partial charge in [0.1, 0.15) is 11.5 Å². The van der Waals surface area contributed by atoms with E-state index in [0.29, 0.717) is 11.8 Å². The van der Waals surface area contributed by atoms with Crippen molar-refractivity contribution in [3.05, 3.63) is 47.5 Å². The molecule has 0 aliphatic carbocycles. The molecule has 0 spiro atoms. The van der Waals surface area contributed by atoms with E-state index in [0.717, 1.165) is 10.9 Å². The molecular weight excluding hydrogens is 262 g/mol. The summed E-state index contributed by atoms with van der Waals surface area (Å²) in [4.78, 5) is 0. The summed E-state index contributed by atoms with van der Waals surface area (Å²) in [5.74, 6) is -0.674. The molecule has 0 saturated carbocycles. The maximum atomic E-state index is 13.8. The Labute approximate surface area is 106 Å². The van der Waals surface area contributed by atoms with Gasteiger partial charge in [-0.1, -0.05) is 6.07 Å². The van der Waals surface area contributed by atoms with Crippen LogP contribution in [0, 0.1) is 5.82 Å². The van der Waals surface area contributed by atoms with Gasteiger partial charge in [0.2, 0.25) is 0 Å². The van der Waals surface area contributed by atoms with E-state index in [1.54, 1.807) is 13.0 Å². The Kier molecular flexibility index (Phi) is 3.32. The van der Waals surface area contributed by atoms with Crippen LogP contribution >= 0.6 is 0 Å². The number of aromatic nitrogens is 2. The molecule has 2 aromatic rings. The zero-order valence-electron chi connectivity index (χ0n) is 9.95. The number of hydrogen-bond acceptors (Lipinski definition) is 2. The van der Waals surface area contributed by atoms with Crippen LogP contribution in [0.3, 0.4) is 0 Å². The number of rotatable bonds is 2. The molecule has 0 radical (unpaired) electrons. The fourth-order valence-corrected chi connectivity index (χ4v) is 1.59. The van der Waals surface area contributed by atoms with Crippen molar-refractivity contribution in [2.24, 2.45) is 5.73 Å². The number of halogens is 4. The lowest BCUT2D eigenvalue weighted by molar-refractivity contribution is -0.137. The fraction of sp³-hybridized carbons (Fsp3) is 0.250. The van der Waals surface area contributed by atoms with Gasteiger partial charge in [0.05, 0.1) is 11.8 Å². The highest BCUT2D eigenvalue weighted by atomic mass is 19.4. The molecule has 102 valence electrons. The summed E-state index contributed by atoms with van der Waals surface area (Å²) in [6, 6.07) is 3.74. The quantitative estimate of drug-likeness (QED) is 0.855. The van der Waals surface area contributed by atoms with Crippen LogP contribution in [0.25, 0.3) is 5.69 Å². The first kappa shape index (κ1) is 13.5. The average Bonchev–Trinajstić information content (AvgIpc) is 2.77. The molecule has 1 aromatic heterocycles. The number of nitrogens with zero attached hydrogens (tertiary/aromatic N) is 2. The summed E-state index contributed by atoms with van der Waals surface area (Å²) < 4.78 is 51.9. The van der Waals surface area contributed by atoms with Gasteiger partial charge in [-0.25, -0.2) is 9.07 Å². The second kappa shape index (κ2) is 4.65. The first-order chi connectivity index (χ1) is 8.79. The highest BCUT2D eigenvalue weighted by molar-refractivity contribution is 5.37. The lowest BCUT2D eigenvalue weighted by Gasteiger charge is -2.08. The fourth-order valence-electron chi connectivity index (χ4n) is 1.59. The monoisotopic (exact) mass is 273 g/mol. The van der Waals surface area contributed by atoms with E-state index in [2.05, 4.69) is 5.10 Å². The second-order valence-electron chi connectivity index (χ2n) is 4.17. The largest absolute Gasteiger partial charge is 0.419 e. The summed E-state index contributed by atoms with van der Waals surface area (Å²) in [5.41, 5.74) is 5.17. The third kappa shape index (κ3) is 2.76. The highest BCUT2D eigenvalue weighted by Crippen LogP contribution is 2.29. The van der Waals surface area contributed by atoms with E-state index in [9.17, 15) is 17.6 Å². The van der Waals surface area contributed by atoms with E-state index in [1.807, 2.05) is 0 Å². The standard InChI is InChI=1S/C12H11F4N3/c1-7(17)8-2-3-11(10(13)4-8)19-6-9(5-18-19)12(14,15)16/h2-7H,17H2,1H3/t7-/m1/s1. The molecule has 0 aliphatic rings. The summed E-state index contributed by atoms with van der Waals surface area (Å²) in [5, 5.41) is 3.51. The molecule has 0 amide bonds. The van der Waals surface area contributed by atoms with Crippen LogP contribution in [0.5, 0.6) is 0 Å². The molecule has 2 rings (SSSR count). The minimum absolute atomic E-state index is 0.0556. The van der Waals surface area contributed by atoms with Crippen LogP contribution < -0.4 is 5.73 Å². The zero-order chi connectivity index (χ0) is 14.2. The maximum absolute atomic E-state index is 13.8. The third-order valence-corrected chi connectivity index (χ3v) is 2.65. The van der Waals surface area contributed by atoms with Crippen LogP contribution in [0.1, 0.15) is 24.1 Å². The maximum Gasteiger partial charge on any atom is 0.419 e. The zero-order valence-corrected chi connectivity index (χ0v) is 9.95. The molecule has 0 bridgehead atoms. The Morgan fingerprint density at radius 1 is 1.32 bits per heavy atom. The summed E-state index contributed by atoms with van der Waals surface area (Å²) in [7, 11) is 0. The lowest BCUT2D eigenvalue weighted by Crippen LogP contribution is -2.07. The molecule has 1 atom stereocenters. The molecule has 1 aromatic carbocycles. The van der Waals surface area contributed by atoms with Crippen LogP contribution in [-0.2, 0) is 6.18 Å². The molecule has 0 unspecified atom stereocenters. The molecule has 3 nitrogen and oxygen atoms in total. The van der Waals surface area contributed by atoms with E-state index >= 15 is 0 Å². The van der Waals surface area contributed by atoms with E-state index in [1.165, 1.54) is 12.1 Å². The Morgan fingerprint density at radius 3 is 2.47 bits per heavy atom. The minimum atomic E-state index is -4.50. The number of hydrogen-bond donors (Lipinski definition) is 1. The van der Waals surface area contributed by atoms with Crippen molar-refractivity contribution in [2.45, 2.75) is 19.1 Å². The number of alkyl halides is 3. The van der Waals surface area contributed by atoms with Gasteiger partial charge in [-0.2, -0.15) is 18.3 Å². The Morgan fingerprint density at radius 2 is 2.00 bits per heavy atom. The topological polar surface area (TPSA) is 43.8 Å². The minimum Gasteiger partial charge on any atom is -0.324 e. The molecule has 19 heavy (non-hydrogen) atoms. The van der Waals surface area contributed by atoms with E-state index in [4.69, 9.17) is 5.73 Å². The first-order valence-electron chi connectivity index (χ1n) is 5.46. The van der Waals surface area contributed by atoms with Crippen molar-refractivity contribution < 1.29 is 17.6 Å². The third-order valence-electron chi connectivity index (χ3n) is 2.65. The van der Waals surface area contributed by atoms with E-state index in [-0.39, 0.29) is 11.7 Å². The van der Waals surface area contributed by atoms with Gasteiger partial charge in [0.25, 0.3) is 0 Å². The van der Waals surface area contributed by atoms with Crippen LogP contribution in [0.15, 0.2) is 30.6 Å². The molecule has 1 heterocycles. The van der Waals surface area contributed by atoms with Gasteiger partial charge < -0.3 is 5.73 Å². The number of benzene rings is 1. The van der Waals surface area contributed by atoms with Crippen molar-refractivity contribution in [2.75, 3.05) is 0 Å². The second-order valence-corrected chi connectivity index (χ2v) is 4.17. The average molecular weight is 273 g/mol. The Bertz CT molecular complexity index is 587. The number of nitrogens with two attached hydrogens (primary N) is 1. The normalized spacial score (nSPS) is 13.6. The molecule has 2 N–H and O–H groups in total. The van der Waals surface area contributed by atoms with Crippen LogP contribution in [-0.4, -0.2) is 9.78 Å². The summed E-state index contributed by atoms with van der Waals surface area (Å²) in [6.45, 7) is 1.68. The highest BCUT2D eigenvalue weighted by Gasteiger charge is 2.32. The van der Waals surface area contributed by atoms with Gasteiger partial charge in [0.15, 0.2) is 0 Å². The molecule has 0 saturated heterocycles. The predicted molar refractivity (Wildman–Crippen MR) is 61.1 cm³/mol. The van der Waals surface area contributed by atoms with Crippen molar-refractivity contribution in [1.82, 2.24) is 9.78 Å². The van der Waals surface area contributed by atoms with E-state index < -0.39 is 17.6 Å². The van der Waals surface area contributed by atoms with Crippen molar-refractivity contribution in [1.29, 1.82) is 0 Å². The summed E-state index contributed by atoms with van der Waals surface area (Å²) >= 11 is 0. The molecule has 7 heteroatoms. The van der Waals surface area contributed by atoms with Gasteiger partial charge in [0, 0.05) is 12.2 Å². The molecule has 0 fully saturated rings. The van der Waals surface area contributed by atoms with Gasteiger partial charge >= 0.3 is 6.18 Å². The van der Waals surface area contributed by atoms with Crippen molar-refractivity contribution >= 4 is 0 Å². The van der Waals surface area contributed by atoms with Gasteiger partial charge in [-0.05, 0) is 24.6 Å². The summed E-state index contributed by atoms with van der Waals surface area (Å²) in [6.07, 6.45) is -3.11. The van der Waals surface area contributed by atoms with Crippen molar-refractivity contribution in [3.8, 4) is 5.69 Å². The van der Waals surface area contributed by atoms with Crippen LogP contribution in [0.2, 0.25) is 0 Å². The van der Waals surface area contributed by atoms with Crippen LogP contribution in [0.4, 0.5) is 17.6 Å². The Hall–Kier alpha value is -1.89.